The van der Waals surface area contributed by atoms with Gasteiger partial charge in [-0.25, -0.2) is 0 Å². The van der Waals surface area contributed by atoms with Gasteiger partial charge in [0.2, 0.25) is 5.95 Å². The van der Waals surface area contributed by atoms with E-state index in [1.165, 1.54) is 5.56 Å². The van der Waals surface area contributed by atoms with Crippen LogP contribution in [0.3, 0.4) is 0 Å². The summed E-state index contributed by atoms with van der Waals surface area (Å²) in [6, 6.07) is 10.6. The molecule has 6 heteroatoms. The van der Waals surface area contributed by atoms with E-state index in [0.717, 1.165) is 30.7 Å². The number of nitrogens with one attached hydrogen (secondary N) is 1. The van der Waals surface area contributed by atoms with E-state index >= 15 is 0 Å². The molecule has 6 nitrogen and oxygen atoms in total. The lowest BCUT2D eigenvalue weighted by Gasteiger charge is -2.18. The van der Waals surface area contributed by atoms with Gasteiger partial charge in [-0.15, -0.1) is 0 Å². The molecule has 1 fully saturated rings. The fourth-order valence-corrected chi connectivity index (χ4v) is 3.03. The number of rotatable bonds is 2. The zero-order valence-electron chi connectivity index (χ0n) is 11.5. The highest BCUT2D eigenvalue weighted by Crippen LogP contribution is 2.32. The molecular weight excluding hydrogens is 264 g/mol. The molecule has 1 atom stereocenters. The number of benzene rings is 1. The Kier molecular flexibility index (Phi) is 2.73. The number of nitrogens with zero attached hydrogens (tertiary/aromatic N) is 4. The van der Waals surface area contributed by atoms with Crippen LogP contribution >= 0.6 is 0 Å². The van der Waals surface area contributed by atoms with E-state index in [1.54, 1.807) is 6.20 Å². The van der Waals surface area contributed by atoms with Crippen molar-refractivity contribution in [2.24, 2.45) is 0 Å². The van der Waals surface area contributed by atoms with Crippen molar-refractivity contribution in [3.8, 4) is 0 Å². The summed E-state index contributed by atoms with van der Waals surface area (Å²) in [5.41, 5.74) is 7.88. The molecule has 0 aliphatic carbocycles. The van der Waals surface area contributed by atoms with Gasteiger partial charge in [0.05, 0.1) is 11.6 Å². The Morgan fingerprint density at radius 2 is 2.05 bits per heavy atom. The summed E-state index contributed by atoms with van der Waals surface area (Å²) in [6.07, 6.45) is 2.88. The van der Waals surface area contributed by atoms with Crippen LogP contribution < -0.4 is 10.6 Å². The standard InChI is InChI=1S/C15H16N6/c16-15-18-13-12(8-17-20-13)14(19-15)21-7-6-11(9-21)10-4-2-1-3-5-10/h1-5,8,11H,6-7,9H2,(H3,16,17,18,19,20). The van der Waals surface area contributed by atoms with Crippen molar-refractivity contribution in [3.63, 3.8) is 0 Å². The van der Waals surface area contributed by atoms with Crippen molar-refractivity contribution in [2.75, 3.05) is 23.7 Å². The minimum absolute atomic E-state index is 0.282. The van der Waals surface area contributed by atoms with E-state index in [-0.39, 0.29) is 5.95 Å². The van der Waals surface area contributed by atoms with E-state index in [0.29, 0.717) is 11.6 Å². The van der Waals surface area contributed by atoms with Gasteiger partial charge in [0.15, 0.2) is 5.65 Å². The van der Waals surface area contributed by atoms with Crippen molar-refractivity contribution in [1.29, 1.82) is 0 Å². The molecule has 0 amide bonds. The van der Waals surface area contributed by atoms with Gasteiger partial charge >= 0.3 is 0 Å². The first-order valence-electron chi connectivity index (χ1n) is 7.08. The third kappa shape index (κ3) is 2.08. The van der Waals surface area contributed by atoms with E-state index in [9.17, 15) is 0 Å². The second kappa shape index (κ2) is 4.73. The van der Waals surface area contributed by atoms with Crippen LogP contribution in [0.4, 0.5) is 11.8 Å². The number of anilines is 2. The SMILES string of the molecule is Nc1nc(N2CCC(c3ccccc3)C2)c2cn[nH]c2n1. The molecule has 106 valence electrons. The quantitative estimate of drug-likeness (QED) is 0.749. The Labute approximate surface area is 122 Å². The molecule has 1 aliphatic rings. The van der Waals surface area contributed by atoms with Gasteiger partial charge in [-0.3, -0.25) is 5.10 Å². The van der Waals surface area contributed by atoms with Crippen LogP contribution in [-0.4, -0.2) is 33.3 Å². The molecule has 21 heavy (non-hydrogen) atoms. The highest BCUT2D eigenvalue weighted by Gasteiger charge is 2.26. The predicted octanol–water partition coefficient (Wildman–Crippen LogP) is 1.93. The summed E-state index contributed by atoms with van der Waals surface area (Å²) >= 11 is 0. The van der Waals surface area contributed by atoms with E-state index in [4.69, 9.17) is 5.73 Å². The van der Waals surface area contributed by atoms with Crippen molar-refractivity contribution < 1.29 is 0 Å². The lowest BCUT2D eigenvalue weighted by atomic mass is 9.99. The average molecular weight is 280 g/mol. The number of nitrogens with two attached hydrogens (primary N) is 1. The fraction of sp³-hybridized carbons (Fsp3) is 0.267. The van der Waals surface area contributed by atoms with Gasteiger partial charge in [0.1, 0.15) is 5.82 Å². The molecule has 1 saturated heterocycles. The van der Waals surface area contributed by atoms with Crippen LogP contribution in [0.15, 0.2) is 36.5 Å². The number of hydrogen-bond donors (Lipinski definition) is 2. The number of aromatic amines is 1. The van der Waals surface area contributed by atoms with Gasteiger partial charge in [0, 0.05) is 19.0 Å². The molecule has 1 aromatic carbocycles. The van der Waals surface area contributed by atoms with Crippen molar-refractivity contribution in [3.05, 3.63) is 42.1 Å². The maximum atomic E-state index is 5.80. The molecule has 2 aromatic heterocycles. The monoisotopic (exact) mass is 280 g/mol. The summed E-state index contributed by atoms with van der Waals surface area (Å²) in [5, 5.41) is 7.83. The average Bonchev–Trinajstić information content (AvgIpc) is 3.16. The minimum Gasteiger partial charge on any atom is -0.368 e. The minimum atomic E-state index is 0.282. The Balaban J connectivity index is 1.67. The molecule has 1 aliphatic heterocycles. The Morgan fingerprint density at radius 1 is 1.19 bits per heavy atom. The lowest BCUT2D eigenvalue weighted by Crippen LogP contribution is -2.21. The van der Waals surface area contributed by atoms with Crippen LogP contribution in [0.1, 0.15) is 17.9 Å². The number of fused-ring (bicyclic) bond motifs is 1. The van der Waals surface area contributed by atoms with Crippen LogP contribution in [0.5, 0.6) is 0 Å². The second-order valence-electron chi connectivity index (χ2n) is 5.38. The normalized spacial score (nSPS) is 18.5. The van der Waals surface area contributed by atoms with Crippen LogP contribution in [0, 0.1) is 0 Å². The molecular formula is C15H16N6. The molecule has 3 aromatic rings. The first-order chi connectivity index (χ1) is 10.3. The van der Waals surface area contributed by atoms with Gasteiger partial charge in [-0.1, -0.05) is 30.3 Å². The first-order valence-corrected chi connectivity index (χ1v) is 7.08. The predicted molar refractivity (Wildman–Crippen MR) is 82.1 cm³/mol. The first kappa shape index (κ1) is 12.1. The lowest BCUT2D eigenvalue weighted by molar-refractivity contribution is 0.774. The molecule has 3 N–H and O–H groups in total. The summed E-state index contributed by atoms with van der Waals surface area (Å²) in [6.45, 7) is 1.91. The maximum Gasteiger partial charge on any atom is 0.224 e. The molecule has 0 spiro atoms. The summed E-state index contributed by atoms with van der Waals surface area (Å²) in [5.74, 6) is 1.69. The Morgan fingerprint density at radius 3 is 2.90 bits per heavy atom. The number of H-pyrrole nitrogens is 1. The summed E-state index contributed by atoms with van der Waals surface area (Å²) < 4.78 is 0. The van der Waals surface area contributed by atoms with Gasteiger partial charge in [0.25, 0.3) is 0 Å². The van der Waals surface area contributed by atoms with E-state index in [1.807, 2.05) is 0 Å². The van der Waals surface area contributed by atoms with Crippen molar-refractivity contribution in [1.82, 2.24) is 20.2 Å². The maximum absolute atomic E-state index is 5.80. The third-order valence-electron chi connectivity index (χ3n) is 4.07. The highest BCUT2D eigenvalue weighted by molar-refractivity contribution is 5.87. The zero-order valence-corrected chi connectivity index (χ0v) is 11.5. The van der Waals surface area contributed by atoms with Crippen molar-refractivity contribution in [2.45, 2.75) is 12.3 Å². The van der Waals surface area contributed by atoms with Gasteiger partial charge in [-0.05, 0) is 12.0 Å². The Bertz CT molecular complexity index is 766. The smallest absolute Gasteiger partial charge is 0.224 e. The highest BCUT2D eigenvalue weighted by atomic mass is 15.3. The summed E-state index contributed by atoms with van der Waals surface area (Å²) in [7, 11) is 0. The molecule has 3 heterocycles. The molecule has 0 radical (unpaired) electrons. The molecule has 0 bridgehead atoms. The van der Waals surface area contributed by atoms with Crippen LogP contribution in [0.25, 0.3) is 11.0 Å². The van der Waals surface area contributed by atoms with Gasteiger partial charge < -0.3 is 10.6 Å². The van der Waals surface area contributed by atoms with Crippen molar-refractivity contribution >= 4 is 22.8 Å². The number of hydrogen-bond acceptors (Lipinski definition) is 5. The third-order valence-corrected chi connectivity index (χ3v) is 4.07. The van der Waals surface area contributed by atoms with Crippen LogP contribution in [-0.2, 0) is 0 Å². The Hall–Kier alpha value is -2.63. The van der Waals surface area contributed by atoms with Crippen LogP contribution in [0.2, 0.25) is 0 Å². The number of aromatic nitrogens is 4. The molecule has 4 rings (SSSR count). The van der Waals surface area contributed by atoms with Gasteiger partial charge in [-0.2, -0.15) is 15.1 Å². The number of nitrogen functional groups attached to an aromatic ring is 1. The topological polar surface area (TPSA) is 83.7 Å². The zero-order chi connectivity index (χ0) is 14.2. The van der Waals surface area contributed by atoms with E-state index < -0.39 is 0 Å². The largest absolute Gasteiger partial charge is 0.368 e. The molecule has 1 unspecified atom stereocenters. The summed E-state index contributed by atoms with van der Waals surface area (Å²) in [4.78, 5) is 10.9. The van der Waals surface area contributed by atoms with E-state index in [2.05, 4.69) is 55.4 Å². The fourth-order valence-electron chi connectivity index (χ4n) is 3.03. The second-order valence-corrected chi connectivity index (χ2v) is 5.38. The molecule has 0 saturated carbocycles.